The second-order valence-electron chi connectivity index (χ2n) is 5.70. The Morgan fingerprint density at radius 3 is 2.39 bits per heavy atom. The summed E-state index contributed by atoms with van der Waals surface area (Å²) in [5.41, 5.74) is -0.615. The molecule has 1 heterocycles. The zero-order valence-corrected chi connectivity index (χ0v) is 10.9. The molecule has 0 bridgehead atoms. The second kappa shape index (κ2) is 5.47. The van der Waals surface area contributed by atoms with Crippen molar-refractivity contribution in [1.29, 1.82) is 0 Å². The van der Waals surface area contributed by atoms with E-state index in [2.05, 4.69) is 5.32 Å². The van der Waals surface area contributed by atoms with Crippen molar-refractivity contribution in [2.75, 3.05) is 0 Å². The quantitative estimate of drug-likeness (QED) is 0.782. The minimum atomic E-state index is -4.20. The molecule has 0 aromatic rings. The van der Waals surface area contributed by atoms with Crippen LogP contribution in [-0.4, -0.2) is 29.8 Å². The molecule has 1 fully saturated rings. The van der Waals surface area contributed by atoms with E-state index in [1.807, 2.05) is 0 Å². The monoisotopic (exact) mass is 267 g/mol. The molecular formula is C12H20F3NO2. The van der Waals surface area contributed by atoms with E-state index in [-0.39, 0.29) is 0 Å². The predicted molar refractivity (Wildman–Crippen MR) is 61.1 cm³/mol. The molecule has 0 radical (unpaired) electrons. The summed E-state index contributed by atoms with van der Waals surface area (Å²) in [6, 6.07) is -1.30. The molecule has 106 valence electrons. The van der Waals surface area contributed by atoms with Gasteiger partial charge in [0.2, 0.25) is 0 Å². The highest BCUT2D eigenvalue weighted by molar-refractivity contribution is 5.76. The lowest BCUT2D eigenvalue weighted by Gasteiger charge is -2.32. The molecule has 2 unspecified atom stereocenters. The third kappa shape index (κ3) is 5.71. The van der Waals surface area contributed by atoms with Gasteiger partial charge in [0, 0.05) is 6.04 Å². The van der Waals surface area contributed by atoms with Gasteiger partial charge in [-0.3, -0.25) is 4.79 Å². The fourth-order valence-electron chi connectivity index (χ4n) is 2.02. The van der Waals surface area contributed by atoms with Gasteiger partial charge in [0.1, 0.15) is 11.6 Å². The smallest absolute Gasteiger partial charge is 0.390 e. The van der Waals surface area contributed by atoms with Crippen LogP contribution >= 0.6 is 0 Å². The number of halogens is 3. The van der Waals surface area contributed by atoms with Crippen LogP contribution in [0.3, 0.4) is 0 Å². The van der Waals surface area contributed by atoms with Crippen LogP contribution in [0.2, 0.25) is 0 Å². The Labute approximate surface area is 105 Å². The van der Waals surface area contributed by atoms with Crippen molar-refractivity contribution in [1.82, 2.24) is 5.32 Å². The van der Waals surface area contributed by atoms with Crippen LogP contribution in [0.5, 0.6) is 0 Å². The van der Waals surface area contributed by atoms with E-state index in [0.29, 0.717) is 19.3 Å². The van der Waals surface area contributed by atoms with Gasteiger partial charge in [-0.1, -0.05) is 0 Å². The lowest BCUT2D eigenvalue weighted by molar-refractivity contribution is -0.161. The third-order valence-corrected chi connectivity index (χ3v) is 2.65. The van der Waals surface area contributed by atoms with Crippen molar-refractivity contribution in [3.8, 4) is 0 Å². The summed E-state index contributed by atoms with van der Waals surface area (Å²) in [6.07, 6.45) is -3.51. The molecule has 3 nitrogen and oxygen atoms in total. The highest BCUT2D eigenvalue weighted by Gasteiger charge is 2.36. The average Bonchev–Trinajstić information content (AvgIpc) is 2.12. The number of ether oxygens (including phenoxy) is 1. The van der Waals surface area contributed by atoms with Gasteiger partial charge in [-0.2, -0.15) is 13.2 Å². The number of esters is 1. The Kier molecular flexibility index (Phi) is 4.64. The Hall–Kier alpha value is -0.780. The summed E-state index contributed by atoms with van der Waals surface area (Å²) in [4.78, 5) is 11.8. The molecule has 1 rings (SSSR count). The summed E-state index contributed by atoms with van der Waals surface area (Å²) < 4.78 is 42.0. The van der Waals surface area contributed by atoms with Gasteiger partial charge in [-0.25, -0.2) is 0 Å². The fourth-order valence-corrected chi connectivity index (χ4v) is 2.02. The van der Waals surface area contributed by atoms with Crippen molar-refractivity contribution in [2.45, 2.75) is 70.3 Å². The van der Waals surface area contributed by atoms with Gasteiger partial charge in [0.25, 0.3) is 0 Å². The van der Waals surface area contributed by atoms with E-state index in [0.717, 1.165) is 0 Å². The molecule has 0 amide bonds. The van der Waals surface area contributed by atoms with Gasteiger partial charge in [-0.15, -0.1) is 0 Å². The topological polar surface area (TPSA) is 38.3 Å². The maximum Gasteiger partial charge on any atom is 0.390 e. The highest BCUT2D eigenvalue weighted by atomic mass is 19.4. The number of carbonyl (C=O) groups is 1. The first-order valence-corrected chi connectivity index (χ1v) is 6.12. The second-order valence-corrected chi connectivity index (χ2v) is 5.70. The Bertz CT molecular complexity index is 297. The fraction of sp³-hybridized carbons (Fsp3) is 0.917. The maximum atomic E-state index is 12.3. The van der Waals surface area contributed by atoms with Gasteiger partial charge < -0.3 is 10.1 Å². The Morgan fingerprint density at radius 2 is 1.89 bits per heavy atom. The van der Waals surface area contributed by atoms with Gasteiger partial charge in [0.15, 0.2) is 0 Å². The van der Waals surface area contributed by atoms with Crippen LogP contribution in [0.25, 0.3) is 0 Å². The molecule has 1 N–H and O–H groups in total. The molecule has 1 saturated heterocycles. The molecule has 6 heteroatoms. The Morgan fingerprint density at radius 1 is 1.28 bits per heavy atom. The molecule has 1 aliphatic heterocycles. The van der Waals surface area contributed by atoms with Gasteiger partial charge in [0.05, 0.1) is 6.42 Å². The number of carbonyl (C=O) groups excluding carboxylic acids is 1. The molecule has 0 aliphatic carbocycles. The van der Waals surface area contributed by atoms with E-state index in [1.165, 1.54) is 0 Å². The van der Waals surface area contributed by atoms with E-state index in [9.17, 15) is 18.0 Å². The number of piperidine rings is 1. The molecule has 0 aromatic heterocycles. The van der Waals surface area contributed by atoms with Crippen molar-refractivity contribution in [3.63, 3.8) is 0 Å². The van der Waals surface area contributed by atoms with E-state index in [1.54, 1.807) is 20.8 Å². The summed E-state index contributed by atoms with van der Waals surface area (Å²) in [6.45, 7) is 5.21. The Balaban J connectivity index is 2.51. The molecule has 18 heavy (non-hydrogen) atoms. The normalized spacial score (nSPS) is 25.9. The number of nitrogens with one attached hydrogen (secondary N) is 1. The van der Waals surface area contributed by atoms with E-state index < -0.39 is 36.3 Å². The van der Waals surface area contributed by atoms with Crippen molar-refractivity contribution >= 4 is 5.97 Å². The summed E-state index contributed by atoms with van der Waals surface area (Å²) in [5.74, 6) is -0.464. The largest absolute Gasteiger partial charge is 0.459 e. The number of hydrogen-bond donors (Lipinski definition) is 1. The summed E-state index contributed by atoms with van der Waals surface area (Å²) in [5, 5.41) is 2.74. The minimum absolute atomic E-state index is 0.443. The first-order valence-electron chi connectivity index (χ1n) is 6.12. The minimum Gasteiger partial charge on any atom is -0.459 e. The zero-order chi connectivity index (χ0) is 14.0. The highest BCUT2D eigenvalue weighted by Crippen LogP contribution is 2.26. The van der Waals surface area contributed by atoms with Crippen LogP contribution in [-0.2, 0) is 9.53 Å². The van der Waals surface area contributed by atoms with Crippen molar-refractivity contribution in [3.05, 3.63) is 0 Å². The SMILES string of the molecule is CC(C)(C)OC(=O)C1CCCC(CC(F)(F)F)N1. The molecule has 0 spiro atoms. The zero-order valence-electron chi connectivity index (χ0n) is 10.9. The first-order chi connectivity index (χ1) is 8.07. The lowest BCUT2D eigenvalue weighted by Crippen LogP contribution is -2.50. The predicted octanol–water partition coefficient (Wildman–Crippen LogP) is 2.79. The van der Waals surface area contributed by atoms with Gasteiger partial charge >= 0.3 is 12.1 Å². The summed E-state index contributed by atoms with van der Waals surface area (Å²) in [7, 11) is 0. The molecule has 2 atom stereocenters. The number of hydrogen-bond acceptors (Lipinski definition) is 3. The van der Waals surface area contributed by atoms with Crippen LogP contribution in [0, 0.1) is 0 Å². The van der Waals surface area contributed by atoms with Crippen LogP contribution in [0.15, 0.2) is 0 Å². The molecule has 1 aliphatic rings. The van der Waals surface area contributed by atoms with Gasteiger partial charge in [-0.05, 0) is 40.0 Å². The molecular weight excluding hydrogens is 247 g/mol. The number of rotatable bonds is 2. The van der Waals surface area contributed by atoms with Crippen LogP contribution in [0.1, 0.15) is 46.5 Å². The van der Waals surface area contributed by atoms with Crippen molar-refractivity contribution in [2.24, 2.45) is 0 Å². The van der Waals surface area contributed by atoms with E-state index in [4.69, 9.17) is 4.74 Å². The average molecular weight is 267 g/mol. The van der Waals surface area contributed by atoms with Crippen LogP contribution in [0.4, 0.5) is 13.2 Å². The van der Waals surface area contributed by atoms with Crippen LogP contribution < -0.4 is 5.32 Å². The first kappa shape index (κ1) is 15.3. The standard InChI is InChI=1S/C12H20F3NO2/c1-11(2,3)18-10(17)9-6-4-5-8(16-9)7-12(13,14)15/h8-9,16H,4-7H2,1-3H3. The van der Waals surface area contributed by atoms with Crippen molar-refractivity contribution < 1.29 is 22.7 Å². The lowest BCUT2D eigenvalue weighted by atomic mass is 9.96. The van der Waals surface area contributed by atoms with E-state index >= 15 is 0 Å². The summed E-state index contributed by atoms with van der Waals surface area (Å²) >= 11 is 0. The third-order valence-electron chi connectivity index (χ3n) is 2.65. The molecule has 0 aromatic carbocycles. The number of alkyl halides is 3. The molecule has 0 saturated carbocycles. The maximum absolute atomic E-state index is 12.3.